The molecule has 0 aromatic carbocycles. The summed E-state index contributed by atoms with van der Waals surface area (Å²) in [6.07, 6.45) is 4.19. The highest BCUT2D eigenvalue weighted by atomic mass is 15.3. The molecule has 0 aliphatic carbocycles. The number of nitrogens with two attached hydrogens (primary N) is 1. The molecule has 1 saturated heterocycles. The first-order chi connectivity index (χ1) is 7.29. The molecule has 2 rings (SSSR count). The van der Waals surface area contributed by atoms with Gasteiger partial charge in [-0.3, -0.25) is 5.43 Å². The van der Waals surface area contributed by atoms with Crippen LogP contribution in [0.2, 0.25) is 0 Å². The third-order valence-corrected chi connectivity index (χ3v) is 2.85. The van der Waals surface area contributed by atoms with Crippen molar-refractivity contribution in [3.8, 4) is 0 Å². The van der Waals surface area contributed by atoms with Crippen LogP contribution in [-0.2, 0) is 0 Å². The van der Waals surface area contributed by atoms with Crippen LogP contribution in [0.3, 0.4) is 0 Å². The Morgan fingerprint density at radius 1 is 1.60 bits per heavy atom. The van der Waals surface area contributed by atoms with Gasteiger partial charge in [-0.25, -0.2) is 15.8 Å². The number of rotatable bonds is 2. The number of aromatic nitrogens is 2. The molecule has 1 unspecified atom stereocenters. The van der Waals surface area contributed by atoms with Gasteiger partial charge in [-0.1, -0.05) is 0 Å². The van der Waals surface area contributed by atoms with Crippen molar-refractivity contribution in [2.24, 2.45) is 5.84 Å². The Balaban J connectivity index is 2.13. The predicted molar refractivity (Wildman–Crippen MR) is 59.3 cm³/mol. The zero-order valence-corrected chi connectivity index (χ0v) is 8.98. The summed E-state index contributed by atoms with van der Waals surface area (Å²) in [5.74, 6) is 6.30. The number of anilines is 1. The largest absolute Gasteiger partial charge is 0.306 e. The van der Waals surface area contributed by atoms with Crippen LogP contribution in [0.1, 0.15) is 24.5 Å². The Kier molecular flexibility index (Phi) is 3.13. The molecular weight excluding hydrogens is 190 g/mol. The normalized spacial score (nSPS) is 22.7. The summed E-state index contributed by atoms with van der Waals surface area (Å²) in [6, 6.07) is 1.98. The van der Waals surface area contributed by atoms with Gasteiger partial charge in [0.1, 0.15) is 0 Å². The molecule has 1 fully saturated rings. The minimum atomic E-state index is 0.501. The Labute approximate surface area is 89.7 Å². The van der Waals surface area contributed by atoms with Crippen LogP contribution < -0.4 is 11.3 Å². The van der Waals surface area contributed by atoms with Gasteiger partial charge in [0, 0.05) is 18.7 Å². The molecular formula is C10H17N5. The van der Waals surface area contributed by atoms with Crippen molar-refractivity contribution in [2.75, 3.05) is 25.6 Å². The molecule has 0 spiro atoms. The number of hydrazine groups is 1. The molecule has 3 N–H and O–H groups in total. The second-order valence-electron chi connectivity index (χ2n) is 4.05. The van der Waals surface area contributed by atoms with Gasteiger partial charge in [0.2, 0.25) is 5.95 Å². The molecule has 1 aliphatic heterocycles. The fraction of sp³-hybridized carbons (Fsp3) is 0.600. The van der Waals surface area contributed by atoms with E-state index < -0.39 is 0 Å². The van der Waals surface area contributed by atoms with Crippen LogP contribution in [0.25, 0.3) is 0 Å². The van der Waals surface area contributed by atoms with Gasteiger partial charge in [0.15, 0.2) is 0 Å². The smallest absolute Gasteiger partial charge is 0.237 e. The third kappa shape index (κ3) is 2.43. The first-order valence-corrected chi connectivity index (χ1v) is 5.27. The van der Waals surface area contributed by atoms with E-state index in [1.807, 2.05) is 6.07 Å². The number of likely N-dealkylation sites (tertiary alicyclic amines) is 1. The topological polar surface area (TPSA) is 67.1 Å². The highest BCUT2D eigenvalue weighted by Gasteiger charge is 2.20. The lowest BCUT2D eigenvalue weighted by molar-refractivity contribution is 0.248. The van der Waals surface area contributed by atoms with E-state index in [9.17, 15) is 0 Å². The molecule has 1 atom stereocenters. The van der Waals surface area contributed by atoms with Crippen LogP contribution in [0.15, 0.2) is 12.3 Å². The molecule has 1 aromatic rings. The number of piperidine rings is 1. The highest BCUT2D eigenvalue weighted by Crippen LogP contribution is 2.24. The van der Waals surface area contributed by atoms with Crippen molar-refractivity contribution < 1.29 is 0 Å². The summed E-state index contributed by atoms with van der Waals surface area (Å²) >= 11 is 0. The molecule has 0 amide bonds. The van der Waals surface area contributed by atoms with Crippen LogP contribution >= 0.6 is 0 Å². The Morgan fingerprint density at radius 2 is 2.47 bits per heavy atom. The molecule has 2 heterocycles. The third-order valence-electron chi connectivity index (χ3n) is 2.85. The minimum Gasteiger partial charge on any atom is -0.306 e. The molecule has 82 valence electrons. The summed E-state index contributed by atoms with van der Waals surface area (Å²) < 4.78 is 0. The van der Waals surface area contributed by atoms with Crippen molar-refractivity contribution in [3.05, 3.63) is 18.0 Å². The van der Waals surface area contributed by atoms with Crippen molar-refractivity contribution in [1.82, 2.24) is 14.9 Å². The fourth-order valence-corrected chi connectivity index (χ4v) is 2.08. The van der Waals surface area contributed by atoms with Crippen LogP contribution in [0, 0.1) is 0 Å². The Bertz CT molecular complexity index is 327. The maximum Gasteiger partial charge on any atom is 0.237 e. The minimum absolute atomic E-state index is 0.501. The molecule has 5 nitrogen and oxygen atoms in total. The predicted octanol–water partition coefficient (Wildman–Crippen LogP) is 0.571. The van der Waals surface area contributed by atoms with Crippen LogP contribution in [-0.4, -0.2) is 35.0 Å². The summed E-state index contributed by atoms with van der Waals surface area (Å²) in [5, 5.41) is 0. The fourth-order valence-electron chi connectivity index (χ4n) is 2.08. The SMILES string of the molecule is CN1CCCC(c2ccnc(NN)n2)C1. The quantitative estimate of drug-likeness (QED) is 0.548. The highest BCUT2D eigenvalue weighted by molar-refractivity contribution is 5.24. The van der Waals surface area contributed by atoms with Gasteiger partial charge in [-0.15, -0.1) is 0 Å². The summed E-state index contributed by atoms with van der Waals surface area (Å²) in [7, 11) is 2.15. The van der Waals surface area contributed by atoms with E-state index in [2.05, 4.69) is 27.3 Å². The standard InChI is InChI=1S/C10H17N5/c1-15-6-2-3-8(7-15)9-4-5-12-10(13-9)14-11/h4-5,8H,2-3,6-7,11H2,1H3,(H,12,13,14). The van der Waals surface area contributed by atoms with Gasteiger partial charge < -0.3 is 4.90 Å². The van der Waals surface area contributed by atoms with Gasteiger partial charge in [-0.05, 0) is 32.5 Å². The van der Waals surface area contributed by atoms with E-state index >= 15 is 0 Å². The molecule has 0 radical (unpaired) electrons. The Hall–Kier alpha value is -1.20. The molecule has 1 aliphatic rings. The first-order valence-electron chi connectivity index (χ1n) is 5.27. The van der Waals surface area contributed by atoms with Gasteiger partial charge in [-0.2, -0.15) is 0 Å². The van der Waals surface area contributed by atoms with Crippen molar-refractivity contribution in [3.63, 3.8) is 0 Å². The zero-order chi connectivity index (χ0) is 10.7. The first kappa shape index (κ1) is 10.3. The van der Waals surface area contributed by atoms with E-state index in [0.717, 1.165) is 12.2 Å². The monoisotopic (exact) mass is 207 g/mol. The van der Waals surface area contributed by atoms with Gasteiger partial charge in [0.05, 0.1) is 5.69 Å². The lowest BCUT2D eigenvalue weighted by Crippen LogP contribution is -2.31. The molecule has 15 heavy (non-hydrogen) atoms. The number of hydrogen-bond donors (Lipinski definition) is 2. The maximum atomic E-state index is 5.29. The van der Waals surface area contributed by atoms with E-state index in [0.29, 0.717) is 11.9 Å². The summed E-state index contributed by atoms with van der Waals surface area (Å²) in [4.78, 5) is 10.7. The zero-order valence-electron chi connectivity index (χ0n) is 8.98. The van der Waals surface area contributed by atoms with Gasteiger partial charge >= 0.3 is 0 Å². The molecule has 1 aromatic heterocycles. The van der Waals surface area contributed by atoms with Crippen molar-refractivity contribution in [2.45, 2.75) is 18.8 Å². The maximum absolute atomic E-state index is 5.29. The molecule has 0 bridgehead atoms. The van der Waals surface area contributed by atoms with E-state index in [1.54, 1.807) is 6.20 Å². The van der Waals surface area contributed by atoms with Crippen molar-refractivity contribution in [1.29, 1.82) is 0 Å². The van der Waals surface area contributed by atoms with E-state index in [-0.39, 0.29) is 0 Å². The molecule has 0 saturated carbocycles. The van der Waals surface area contributed by atoms with E-state index in [1.165, 1.54) is 19.4 Å². The second-order valence-corrected chi connectivity index (χ2v) is 4.05. The number of nitrogens with one attached hydrogen (secondary N) is 1. The van der Waals surface area contributed by atoms with E-state index in [4.69, 9.17) is 5.84 Å². The second kappa shape index (κ2) is 4.55. The number of hydrogen-bond acceptors (Lipinski definition) is 5. The number of likely N-dealkylation sites (N-methyl/N-ethyl adjacent to an activating group) is 1. The average Bonchev–Trinajstić information content (AvgIpc) is 2.29. The molecule has 5 heteroatoms. The summed E-state index contributed by atoms with van der Waals surface area (Å²) in [6.45, 7) is 2.25. The Morgan fingerprint density at radius 3 is 3.20 bits per heavy atom. The van der Waals surface area contributed by atoms with Crippen LogP contribution in [0.4, 0.5) is 5.95 Å². The van der Waals surface area contributed by atoms with Crippen molar-refractivity contribution >= 4 is 5.95 Å². The number of nitrogen functional groups attached to an aromatic ring is 1. The van der Waals surface area contributed by atoms with Gasteiger partial charge in [0.25, 0.3) is 0 Å². The lowest BCUT2D eigenvalue weighted by Gasteiger charge is -2.29. The lowest BCUT2D eigenvalue weighted by atomic mass is 9.95. The average molecular weight is 207 g/mol. The number of nitrogens with zero attached hydrogens (tertiary/aromatic N) is 3. The van der Waals surface area contributed by atoms with Crippen LogP contribution in [0.5, 0.6) is 0 Å². The summed E-state index contributed by atoms with van der Waals surface area (Å²) in [5.41, 5.74) is 3.57.